The molecule has 0 aliphatic carbocycles. The van der Waals surface area contributed by atoms with Gasteiger partial charge in [-0.05, 0) is 27.7 Å². The van der Waals surface area contributed by atoms with Gasteiger partial charge in [0.2, 0.25) is 0 Å². The molecule has 4 N–H and O–H groups in total. The molecule has 11 heteroatoms. The van der Waals surface area contributed by atoms with E-state index in [1.165, 1.54) is 23.4 Å². The fraction of sp³-hybridized carbons (Fsp3) is 0.429. The monoisotopic (exact) mass is 348 g/mol. The molecule has 1 atom stereocenters. The molecule has 2 amide bonds. The van der Waals surface area contributed by atoms with Gasteiger partial charge in [0.05, 0.1) is 6.04 Å². The summed E-state index contributed by atoms with van der Waals surface area (Å²) in [6.07, 6.45) is 1.94. The van der Waals surface area contributed by atoms with Gasteiger partial charge in [0, 0.05) is 6.07 Å². The molecule has 0 radical (unpaired) electrons. The number of aromatic nitrogens is 5. The van der Waals surface area contributed by atoms with E-state index in [1.54, 1.807) is 27.7 Å². The number of hydrazine groups is 1. The number of alkyl carbamates (subject to hydrolysis) is 1. The van der Waals surface area contributed by atoms with Gasteiger partial charge in [0.25, 0.3) is 5.91 Å². The lowest BCUT2D eigenvalue weighted by atomic mass is 10.2. The molecule has 0 aliphatic heterocycles. The molecule has 0 aromatic carbocycles. The molecule has 11 nitrogen and oxygen atoms in total. The van der Waals surface area contributed by atoms with Crippen LogP contribution in [-0.4, -0.2) is 42.3 Å². The van der Waals surface area contributed by atoms with Gasteiger partial charge in [0.1, 0.15) is 23.9 Å². The number of carbonyl (C=O) groups excluding carboxylic acids is 2. The molecule has 0 spiro atoms. The zero-order chi connectivity index (χ0) is 18.6. The number of nitrogens with two attached hydrogens (primary N) is 1. The van der Waals surface area contributed by atoms with Crippen molar-refractivity contribution >= 4 is 12.0 Å². The maximum Gasteiger partial charge on any atom is 0.408 e. The van der Waals surface area contributed by atoms with E-state index in [2.05, 4.69) is 25.4 Å². The molecule has 2 aromatic rings. The zero-order valence-corrected chi connectivity index (χ0v) is 14.3. The van der Waals surface area contributed by atoms with Crippen molar-refractivity contribution in [3.63, 3.8) is 0 Å². The van der Waals surface area contributed by atoms with Crippen LogP contribution in [0.3, 0.4) is 0 Å². The fourth-order valence-electron chi connectivity index (χ4n) is 1.93. The molecule has 2 aromatic heterocycles. The number of nitrogens with one attached hydrogen (secondary N) is 2. The van der Waals surface area contributed by atoms with E-state index in [4.69, 9.17) is 10.6 Å². The van der Waals surface area contributed by atoms with E-state index in [0.717, 1.165) is 0 Å². The van der Waals surface area contributed by atoms with E-state index < -0.39 is 23.6 Å². The zero-order valence-electron chi connectivity index (χ0n) is 14.3. The minimum absolute atomic E-state index is 0.0710. The fourth-order valence-corrected chi connectivity index (χ4v) is 1.93. The second kappa shape index (κ2) is 7.21. The Bertz CT molecular complexity index is 767. The number of rotatable bonds is 4. The lowest BCUT2D eigenvalue weighted by Crippen LogP contribution is -2.35. The van der Waals surface area contributed by atoms with Crippen LogP contribution in [-0.2, 0) is 4.74 Å². The van der Waals surface area contributed by atoms with Crippen LogP contribution in [0.5, 0.6) is 0 Å². The van der Waals surface area contributed by atoms with Crippen LogP contribution in [0.2, 0.25) is 0 Å². The molecule has 0 aliphatic rings. The summed E-state index contributed by atoms with van der Waals surface area (Å²) in [5.74, 6) is 5.25. The van der Waals surface area contributed by atoms with Crippen LogP contribution < -0.4 is 16.6 Å². The average Bonchev–Trinajstić information content (AvgIpc) is 3.02. The molecule has 0 fully saturated rings. The molecule has 0 bridgehead atoms. The third kappa shape index (κ3) is 4.70. The van der Waals surface area contributed by atoms with E-state index in [-0.39, 0.29) is 5.69 Å². The number of hydrogen-bond acceptors (Lipinski definition) is 8. The number of hydrogen-bond donors (Lipinski definition) is 3. The summed E-state index contributed by atoms with van der Waals surface area (Å²) in [7, 11) is 0. The Morgan fingerprint density at radius 3 is 2.60 bits per heavy atom. The first-order chi connectivity index (χ1) is 11.7. The summed E-state index contributed by atoms with van der Waals surface area (Å²) in [4.78, 5) is 35.5. The highest BCUT2D eigenvalue weighted by Crippen LogP contribution is 2.15. The largest absolute Gasteiger partial charge is 0.444 e. The summed E-state index contributed by atoms with van der Waals surface area (Å²) in [6.45, 7) is 7.03. The SMILES string of the molecule is C[C@H](NC(=O)OC(C)(C)C)c1ncnn1-c1cc(C(=O)NN)ncn1. The maximum atomic E-state index is 11.9. The average molecular weight is 348 g/mol. The van der Waals surface area contributed by atoms with Crippen molar-refractivity contribution in [1.29, 1.82) is 0 Å². The Morgan fingerprint density at radius 2 is 1.96 bits per heavy atom. The highest BCUT2D eigenvalue weighted by atomic mass is 16.6. The van der Waals surface area contributed by atoms with Gasteiger partial charge < -0.3 is 10.1 Å². The Balaban J connectivity index is 2.23. The number of nitrogen functional groups attached to an aromatic ring is 1. The molecular formula is C14H20N8O3. The summed E-state index contributed by atoms with van der Waals surface area (Å²) in [5, 5.41) is 6.75. The van der Waals surface area contributed by atoms with Crippen molar-refractivity contribution in [3.8, 4) is 5.82 Å². The molecule has 2 rings (SSSR count). The molecule has 0 saturated heterocycles. The van der Waals surface area contributed by atoms with E-state index in [9.17, 15) is 9.59 Å². The van der Waals surface area contributed by atoms with Crippen LogP contribution in [0.25, 0.3) is 5.82 Å². The smallest absolute Gasteiger partial charge is 0.408 e. The lowest BCUT2D eigenvalue weighted by Gasteiger charge is -2.21. The Morgan fingerprint density at radius 1 is 1.24 bits per heavy atom. The molecule has 0 saturated carbocycles. The summed E-state index contributed by atoms with van der Waals surface area (Å²) >= 11 is 0. The van der Waals surface area contributed by atoms with Crippen LogP contribution in [0.1, 0.15) is 50.0 Å². The molecule has 2 heterocycles. The van der Waals surface area contributed by atoms with Gasteiger partial charge in [-0.15, -0.1) is 0 Å². The van der Waals surface area contributed by atoms with Crippen molar-refractivity contribution in [2.24, 2.45) is 5.84 Å². The molecular weight excluding hydrogens is 328 g/mol. The number of amides is 2. The van der Waals surface area contributed by atoms with Gasteiger partial charge in [-0.3, -0.25) is 10.2 Å². The van der Waals surface area contributed by atoms with Crippen molar-refractivity contribution in [2.75, 3.05) is 0 Å². The standard InChI is InChI=1S/C14H20N8O3/c1-8(20-13(24)25-14(2,3)4)11-18-7-19-22(11)10-5-9(12(23)21-15)16-6-17-10/h5-8H,15H2,1-4H3,(H,20,24)(H,21,23)/t8-/m0/s1. The van der Waals surface area contributed by atoms with Crippen molar-refractivity contribution in [3.05, 3.63) is 30.2 Å². The minimum Gasteiger partial charge on any atom is -0.444 e. The Labute approximate surface area is 144 Å². The second-order valence-corrected chi connectivity index (χ2v) is 6.13. The Kier molecular flexibility index (Phi) is 5.27. The highest BCUT2D eigenvalue weighted by Gasteiger charge is 2.22. The van der Waals surface area contributed by atoms with Gasteiger partial charge in [-0.1, -0.05) is 0 Å². The topological polar surface area (TPSA) is 150 Å². The van der Waals surface area contributed by atoms with E-state index in [0.29, 0.717) is 11.6 Å². The quantitative estimate of drug-likeness (QED) is 0.404. The van der Waals surface area contributed by atoms with E-state index >= 15 is 0 Å². The normalized spacial score (nSPS) is 12.4. The lowest BCUT2D eigenvalue weighted by molar-refractivity contribution is 0.0505. The maximum absolute atomic E-state index is 11.9. The van der Waals surface area contributed by atoms with Gasteiger partial charge in [0.15, 0.2) is 11.6 Å². The number of carbonyl (C=O) groups is 2. The highest BCUT2D eigenvalue weighted by molar-refractivity contribution is 5.92. The summed E-state index contributed by atoms with van der Waals surface area (Å²) in [5.41, 5.74) is 1.45. The number of ether oxygens (including phenoxy) is 1. The predicted molar refractivity (Wildman–Crippen MR) is 86.4 cm³/mol. The molecule has 25 heavy (non-hydrogen) atoms. The third-order valence-electron chi connectivity index (χ3n) is 2.93. The molecule has 0 unspecified atom stereocenters. The van der Waals surface area contributed by atoms with Crippen molar-refractivity contribution < 1.29 is 14.3 Å². The summed E-state index contributed by atoms with van der Waals surface area (Å²) in [6, 6.07) is 0.889. The van der Waals surface area contributed by atoms with Gasteiger partial charge in [-0.2, -0.15) is 9.78 Å². The molecule has 134 valence electrons. The summed E-state index contributed by atoms with van der Waals surface area (Å²) < 4.78 is 6.60. The van der Waals surface area contributed by atoms with Crippen LogP contribution in [0.4, 0.5) is 4.79 Å². The van der Waals surface area contributed by atoms with Crippen molar-refractivity contribution in [1.82, 2.24) is 35.5 Å². The minimum atomic E-state index is -0.616. The van der Waals surface area contributed by atoms with Crippen LogP contribution >= 0.6 is 0 Å². The number of nitrogens with zero attached hydrogens (tertiary/aromatic N) is 5. The first kappa shape index (κ1) is 18.3. The van der Waals surface area contributed by atoms with E-state index in [1.807, 2.05) is 5.43 Å². The van der Waals surface area contributed by atoms with Gasteiger partial charge in [-0.25, -0.2) is 25.6 Å². The van der Waals surface area contributed by atoms with Gasteiger partial charge >= 0.3 is 6.09 Å². The Hall–Kier alpha value is -3.08. The third-order valence-corrected chi connectivity index (χ3v) is 2.93. The predicted octanol–water partition coefficient (Wildman–Crippen LogP) is 0.247. The van der Waals surface area contributed by atoms with Crippen LogP contribution in [0.15, 0.2) is 18.7 Å². The van der Waals surface area contributed by atoms with Crippen LogP contribution in [0, 0.1) is 0 Å². The van der Waals surface area contributed by atoms with Crippen molar-refractivity contribution in [2.45, 2.75) is 39.3 Å². The first-order valence-corrected chi connectivity index (χ1v) is 7.44. The first-order valence-electron chi connectivity index (χ1n) is 7.44. The second-order valence-electron chi connectivity index (χ2n) is 6.13.